The molecule has 0 unspecified atom stereocenters. The lowest BCUT2D eigenvalue weighted by molar-refractivity contribution is -0.137. The van der Waals surface area contributed by atoms with Gasteiger partial charge in [0.2, 0.25) is 0 Å². The number of nitriles is 1. The Bertz CT molecular complexity index is 761. The smallest absolute Gasteiger partial charge is 0.384 e. The van der Waals surface area contributed by atoms with Crippen molar-refractivity contribution in [3.8, 4) is 6.07 Å². The van der Waals surface area contributed by atoms with Crippen LogP contribution in [0.25, 0.3) is 0 Å². The minimum Gasteiger partial charge on any atom is -0.384 e. The first-order valence-electron chi connectivity index (χ1n) is 7.93. The van der Waals surface area contributed by atoms with Crippen molar-refractivity contribution in [1.82, 2.24) is 0 Å². The van der Waals surface area contributed by atoms with E-state index in [0.717, 1.165) is 36.2 Å². The molecule has 0 aliphatic heterocycles. The zero-order valence-electron chi connectivity index (χ0n) is 14.2. The molecule has 0 amide bonds. The number of alkyl halides is 3. The first-order chi connectivity index (χ1) is 11.8. The van der Waals surface area contributed by atoms with Crippen LogP contribution in [0.5, 0.6) is 0 Å². The first-order valence-corrected chi connectivity index (χ1v) is 7.93. The summed E-state index contributed by atoms with van der Waals surface area (Å²) in [5.74, 6) is 0. The van der Waals surface area contributed by atoms with Crippen LogP contribution in [0.4, 0.5) is 24.5 Å². The molecule has 0 fully saturated rings. The number of aryl methyl sites for hydroxylation is 1. The van der Waals surface area contributed by atoms with Crippen molar-refractivity contribution in [3.05, 3.63) is 59.2 Å². The zero-order valence-corrected chi connectivity index (χ0v) is 14.2. The molecule has 0 spiro atoms. The summed E-state index contributed by atoms with van der Waals surface area (Å²) in [7, 11) is 3.94. The van der Waals surface area contributed by atoms with E-state index in [-0.39, 0.29) is 11.3 Å². The van der Waals surface area contributed by atoms with E-state index in [1.54, 1.807) is 0 Å². The highest BCUT2D eigenvalue weighted by molar-refractivity contribution is 5.59. The van der Waals surface area contributed by atoms with Gasteiger partial charge in [-0.3, -0.25) is 0 Å². The molecule has 1 N–H and O–H groups in total. The Morgan fingerprint density at radius 3 is 2.52 bits per heavy atom. The van der Waals surface area contributed by atoms with E-state index in [2.05, 4.69) is 11.4 Å². The number of rotatable bonds is 6. The summed E-state index contributed by atoms with van der Waals surface area (Å²) in [6.07, 6.45) is -2.87. The van der Waals surface area contributed by atoms with Crippen molar-refractivity contribution >= 4 is 11.4 Å². The van der Waals surface area contributed by atoms with Gasteiger partial charge in [0.05, 0.1) is 16.8 Å². The van der Waals surface area contributed by atoms with Crippen molar-refractivity contribution in [3.63, 3.8) is 0 Å². The minimum absolute atomic E-state index is 0.211. The fourth-order valence-corrected chi connectivity index (χ4v) is 2.47. The molecular formula is C19H20F3N3. The van der Waals surface area contributed by atoms with Crippen molar-refractivity contribution < 1.29 is 13.2 Å². The number of anilines is 2. The largest absolute Gasteiger partial charge is 0.416 e. The van der Waals surface area contributed by atoms with Crippen LogP contribution in [-0.4, -0.2) is 20.6 Å². The van der Waals surface area contributed by atoms with Gasteiger partial charge in [0.15, 0.2) is 0 Å². The molecule has 132 valence electrons. The van der Waals surface area contributed by atoms with Crippen LogP contribution < -0.4 is 10.2 Å². The molecule has 0 bridgehead atoms. The van der Waals surface area contributed by atoms with Crippen LogP contribution in [0.15, 0.2) is 42.5 Å². The standard InChI is InChI=1S/C19H20F3N3/c1-25(2)17-7-3-5-14(11-17)6-4-10-24-18-12-16(19(20,21)22)9-8-15(18)13-23/h3,5,7-9,11-12,24H,4,6,10H2,1-2H3. The van der Waals surface area contributed by atoms with Crippen LogP contribution in [-0.2, 0) is 12.6 Å². The predicted molar refractivity (Wildman–Crippen MR) is 93.7 cm³/mol. The van der Waals surface area contributed by atoms with Crippen LogP contribution in [0, 0.1) is 11.3 Å². The van der Waals surface area contributed by atoms with Gasteiger partial charge in [-0.25, -0.2) is 0 Å². The molecule has 0 aromatic heterocycles. The molecule has 0 heterocycles. The summed E-state index contributed by atoms with van der Waals surface area (Å²) >= 11 is 0. The van der Waals surface area contributed by atoms with Gasteiger partial charge in [-0.05, 0) is 48.7 Å². The number of benzene rings is 2. The lowest BCUT2D eigenvalue weighted by Gasteiger charge is -2.14. The third kappa shape index (κ3) is 5.15. The van der Waals surface area contributed by atoms with Gasteiger partial charge in [-0.2, -0.15) is 18.4 Å². The van der Waals surface area contributed by atoms with Gasteiger partial charge in [-0.15, -0.1) is 0 Å². The molecule has 25 heavy (non-hydrogen) atoms. The minimum atomic E-state index is -4.42. The molecule has 6 heteroatoms. The summed E-state index contributed by atoms with van der Waals surface area (Å²) in [6, 6.07) is 13.2. The number of hydrogen-bond acceptors (Lipinski definition) is 3. The Kier molecular flexibility index (Phi) is 5.92. The van der Waals surface area contributed by atoms with Crippen LogP contribution >= 0.6 is 0 Å². The van der Waals surface area contributed by atoms with E-state index in [4.69, 9.17) is 5.26 Å². The highest BCUT2D eigenvalue weighted by atomic mass is 19.4. The Morgan fingerprint density at radius 2 is 1.88 bits per heavy atom. The lowest BCUT2D eigenvalue weighted by Crippen LogP contribution is -2.10. The normalized spacial score (nSPS) is 11.0. The second kappa shape index (κ2) is 7.93. The number of nitrogens with one attached hydrogen (secondary N) is 1. The van der Waals surface area contributed by atoms with E-state index < -0.39 is 11.7 Å². The van der Waals surface area contributed by atoms with Crippen molar-refractivity contribution in [2.75, 3.05) is 30.9 Å². The second-order valence-corrected chi connectivity index (χ2v) is 5.96. The van der Waals surface area contributed by atoms with Gasteiger partial charge in [0.25, 0.3) is 0 Å². The Morgan fingerprint density at radius 1 is 1.12 bits per heavy atom. The maximum Gasteiger partial charge on any atom is 0.416 e. The molecule has 2 aromatic rings. The van der Waals surface area contributed by atoms with E-state index in [1.165, 1.54) is 6.07 Å². The van der Waals surface area contributed by atoms with Crippen molar-refractivity contribution in [1.29, 1.82) is 5.26 Å². The quantitative estimate of drug-likeness (QED) is 0.771. The summed E-state index contributed by atoms with van der Waals surface area (Å²) in [6.45, 7) is 0.488. The van der Waals surface area contributed by atoms with E-state index >= 15 is 0 Å². The monoisotopic (exact) mass is 347 g/mol. The summed E-state index contributed by atoms with van der Waals surface area (Å²) in [4.78, 5) is 2.02. The fraction of sp³-hybridized carbons (Fsp3) is 0.316. The number of hydrogen-bond donors (Lipinski definition) is 1. The van der Waals surface area contributed by atoms with Crippen LogP contribution in [0.2, 0.25) is 0 Å². The fourth-order valence-electron chi connectivity index (χ4n) is 2.47. The Hall–Kier alpha value is -2.68. The summed E-state index contributed by atoms with van der Waals surface area (Å²) in [5, 5.41) is 12.0. The maximum absolute atomic E-state index is 12.8. The molecular weight excluding hydrogens is 327 g/mol. The summed E-state index contributed by atoms with van der Waals surface area (Å²) in [5.41, 5.74) is 1.95. The van der Waals surface area contributed by atoms with E-state index in [9.17, 15) is 13.2 Å². The molecule has 2 aromatic carbocycles. The second-order valence-electron chi connectivity index (χ2n) is 5.96. The Balaban J connectivity index is 1.98. The number of nitrogens with zero attached hydrogens (tertiary/aromatic N) is 2. The molecule has 0 saturated carbocycles. The van der Waals surface area contributed by atoms with E-state index in [1.807, 2.05) is 43.3 Å². The van der Waals surface area contributed by atoms with Gasteiger partial charge in [0.1, 0.15) is 6.07 Å². The highest BCUT2D eigenvalue weighted by Crippen LogP contribution is 2.32. The lowest BCUT2D eigenvalue weighted by atomic mass is 10.1. The average molecular weight is 347 g/mol. The van der Waals surface area contributed by atoms with Gasteiger partial charge < -0.3 is 10.2 Å². The highest BCUT2D eigenvalue weighted by Gasteiger charge is 2.31. The third-order valence-electron chi connectivity index (χ3n) is 3.85. The Labute approximate surface area is 145 Å². The maximum atomic E-state index is 12.8. The molecule has 0 radical (unpaired) electrons. The SMILES string of the molecule is CN(C)c1cccc(CCCNc2cc(C(F)(F)F)ccc2C#N)c1. The summed E-state index contributed by atoms with van der Waals surface area (Å²) < 4.78 is 38.4. The third-order valence-corrected chi connectivity index (χ3v) is 3.85. The molecule has 0 saturated heterocycles. The van der Waals surface area contributed by atoms with Crippen molar-refractivity contribution in [2.24, 2.45) is 0 Å². The van der Waals surface area contributed by atoms with Crippen molar-refractivity contribution in [2.45, 2.75) is 19.0 Å². The average Bonchev–Trinajstić information content (AvgIpc) is 2.58. The molecule has 0 aliphatic rings. The van der Waals surface area contributed by atoms with Gasteiger partial charge >= 0.3 is 6.18 Å². The van der Waals surface area contributed by atoms with Crippen LogP contribution in [0.1, 0.15) is 23.1 Å². The van der Waals surface area contributed by atoms with Gasteiger partial charge in [-0.1, -0.05) is 12.1 Å². The van der Waals surface area contributed by atoms with Crippen LogP contribution in [0.3, 0.4) is 0 Å². The zero-order chi connectivity index (χ0) is 18.4. The predicted octanol–water partition coefficient (Wildman–Crippen LogP) is 4.69. The first kappa shape index (κ1) is 18.7. The topological polar surface area (TPSA) is 39.1 Å². The molecule has 2 rings (SSSR count). The molecule has 0 aliphatic carbocycles. The number of halogens is 3. The molecule has 3 nitrogen and oxygen atoms in total. The van der Waals surface area contributed by atoms with E-state index in [0.29, 0.717) is 6.54 Å². The molecule has 0 atom stereocenters. The van der Waals surface area contributed by atoms with Gasteiger partial charge in [0, 0.05) is 26.3 Å².